The summed E-state index contributed by atoms with van der Waals surface area (Å²) in [5.41, 5.74) is 4.25. The van der Waals surface area contributed by atoms with E-state index >= 15 is 0 Å². The zero-order chi connectivity index (χ0) is 14.4. The molecule has 4 heteroatoms. The number of rotatable bonds is 5. The van der Waals surface area contributed by atoms with E-state index in [1.54, 1.807) is 0 Å². The van der Waals surface area contributed by atoms with Gasteiger partial charge in [-0.15, -0.1) is 0 Å². The monoisotopic (exact) mass is 276 g/mol. The van der Waals surface area contributed by atoms with Crippen molar-refractivity contribution >= 4 is 5.91 Å². The predicted octanol–water partition coefficient (Wildman–Crippen LogP) is 2.31. The molecule has 4 nitrogen and oxygen atoms in total. The van der Waals surface area contributed by atoms with Gasteiger partial charge in [0.15, 0.2) is 0 Å². The molecule has 1 fully saturated rings. The summed E-state index contributed by atoms with van der Waals surface area (Å²) >= 11 is 0. The van der Waals surface area contributed by atoms with Gasteiger partial charge in [-0.05, 0) is 29.9 Å². The van der Waals surface area contributed by atoms with Crippen molar-refractivity contribution in [3.05, 3.63) is 35.4 Å². The van der Waals surface area contributed by atoms with Gasteiger partial charge in [0.05, 0.1) is 19.1 Å². The number of hydrogen-bond donors (Lipinski definition) is 2. The van der Waals surface area contributed by atoms with Crippen LogP contribution in [0.5, 0.6) is 0 Å². The zero-order valence-electron chi connectivity index (χ0n) is 12.1. The van der Waals surface area contributed by atoms with Gasteiger partial charge in [-0.2, -0.15) is 0 Å². The standard InChI is InChI=1S/C16H24N2O2/c1-12-3-2-4-15(9-12)20-11-14-7-5-13(6-8-14)10-16(19)18-17/h5-8,12,15H,2-4,9-11,17H2,1H3,(H,18,19). The summed E-state index contributed by atoms with van der Waals surface area (Å²) in [4.78, 5) is 11.2. The summed E-state index contributed by atoms with van der Waals surface area (Å²) in [6, 6.07) is 7.95. The highest BCUT2D eigenvalue weighted by molar-refractivity contribution is 5.77. The molecule has 0 radical (unpaired) electrons. The second kappa shape index (κ2) is 7.41. The van der Waals surface area contributed by atoms with Crippen LogP contribution in [0.2, 0.25) is 0 Å². The van der Waals surface area contributed by atoms with Crippen LogP contribution in [0, 0.1) is 5.92 Å². The Morgan fingerprint density at radius 2 is 2.00 bits per heavy atom. The van der Waals surface area contributed by atoms with Crippen molar-refractivity contribution in [2.45, 2.75) is 51.7 Å². The normalized spacial score (nSPS) is 22.5. The van der Waals surface area contributed by atoms with E-state index in [0.29, 0.717) is 19.1 Å². The second-order valence-corrected chi connectivity index (χ2v) is 5.77. The predicted molar refractivity (Wildman–Crippen MR) is 78.7 cm³/mol. The summed E-state index contributed by atoms with van der Waals surface area (Å²) in [5.74, 6) is 5.68. The van der Waals surface area contributed by atoms with E-state index in [0.717, 1.165) is 17.0 Å². The minimum Gasteiger partial charge on any atom is -0.374 e. The highest BCUT2D eigenvalue weighted by Gasteiger charge is 2.19. The lowest BCUT2D eigenvalue weighted by Gasteiger charge is -2.26. The van der Waals surface area contributed by atoms with Crippen LogP contribution >= 0.6 is 0 Å². The van der Waals surface area contributed by atoms with Crippen molar-refractivity contribution in [1.82, 2.24) is 5.43 Å². The SMILES string of the molecule is CC1CCCC(OCc2ccc(CC(=O)NN)cc2)C1. The lowest BCUT2D eigenvalue weighted by molar-refractivity contribution is -0.120. The molecule has 1 aromatic carbocycles. The summed E-state index contributed by atoms with van der Waals surface area (Å²) in [6.07, 6.45) is 5.68. The molecule has 0 saturated heterocycles. The molecule has 0 aromatic heterocycles. The number of nitrogens with one attached hydrogen (secondary N) is 1. The molecule has 1 aliphatic carbocycles. The van der Waals surface area contributed by atoms with Gasteiger partial charge < -0.3 is 4.74 Å². The van der Waals surface area contributed by atoms with Crippen LogP contribution in [-0.4, -0.2) is 12.0 Å². The van der Waals surface area contributed by atoms with Crippen LogP contribution in [-0.2, 0) is 22.6 Å². The van der Waals surface area contributed by atoms with Gasteiger partial charge in [-0.25, -0.2) is 5.84 Å². The molecule has 0 bridgehead atoms. The smallest absolute Gasteiger partial charge is 0.238 e. The first-order chi connectivity index (χ1) is 9.67. The van der Waals surface area contributed by atoms with E-state index in [4.69, 9.17) is 10.6 Å². The molecule has 20 heavy (non-hydrogen) atoms. The molecule has 110 valence electrons. The Morgan fingerprint density at radius 3 is 2.65 bits per heavy atom. The van der Waals surface area contributed by atoms with Crippen molar-refractivity contribution in [2.75, 3.05) is 0 Å². The van der Waals surface area contributed by atoms with Crippen LogP contribution in [0.3, 0.4) is 0 Å². The fourth-order valence-electron chi connectivity index (χ4n) is 2.73. The Bertz CT molecular complexity index is 431. The summed E-state index contributed by atoms with van der Waals surface area (Å²) in [7, 11) is 0. The topological polar surface area (TPSA) is 64.3 Å². The van der Waals surface area contributed by atoms with Crippen molar-refractivity contribution in [3.63, 3.8) is 0 Å². The largest absolute Gasteiger partial charge is 0.374 e. The van der Waals surface area contributed by atoms with E-state index < -0.39 is 0 Å². The Hall–Kier alpha value is -1.39. The van der Waals surface area contributed by atoms with E-state index in [1.807, 2.05) is 24.3 Å². The third-order valence-electron chi connectivity index (χ3n) is 3.92. The number of nitrogens with two attached hydrogens (primary N) is 1. The Labute approximate surface area is 120 Å². The molecule has 0 aliphatic heterocycles. The third-order valence-corrected chi connectivity index (χ3v) is 3.92. The summed E-state index contributed by atoms with van der Waals surface area (Å²) in [6.45, 7) is 2.95. The Morgan fingerprint density at radius 1 is 1.30 bits per heavy atom. The van der Waals surface area contributed by atoms with Gasteiger partial charge in [-0.3, -0.25) is 10.2 Å². The maximum atomic E-state index is 11.2. The molecular formula is C16H24N2O2. The summed E-state index contributed by atoms with van der Waals surface area (Å²) < 4.78 is 5.98. The number of carbonyl (C=O) groups excluding carboxylic acids is 1. The maximum Gasteiger partial charge on any atom is 0.238 e. The molecule has 0 heterocycles. The van der Waals surface area contributed by atoms with Crippen LogP contribution < -0.4 is 11.3 Å². The molecule has 1 amide bonds. The molecule has 1 saturated carbocycles. The van der Waals surface area contributed by atoms with Crippen LogP contribution in [0.4, 0.5) is 0 Å². The first kappa shape index (κ1) is 15.0. The van der Waals surface area contributed by atoms with Gasteiger partial charge in [0, 0.05) is 0 Å². The molecule has 1 aromatic rings. The Kier molecular flexibility index (Phi) is 5.56. The van der Waals surface area contributed by atoms with Crippen LogP contribution in [0.15, 0.2) is 24.3 Å². The number of hydrogen-bond acceptors (Lipinski definition) is 3. The number of ether oxygens (including phenoxy) is 1. The first-order valence-electron chi connectivity index (χ1n) is 7.36. The fourth-order valence-corrected chi connectivity index (χ4v) is 2.73. The van der Waals surface area contributed by atoms with Gasteiger partial charge in [0.25, 0.3) is 0 Å². The van der Waals surface area contributed by atoms with Crippen LogP contribution in [0.25, 0.3) is 0 Å². The summed E-state index contributed by atoms with van der Waals surface area (Å²) in [5, 5.41) is 0. The average molecular weight is 276 g/mol. The van der Waals surface area contributed by atoms with Gasteiger partial charge >= 0.3 is 0 Å². The van der Waals surface area contributed by atoms with Crippen molar-refractivity contribution in [1.29, 1.82) is 0 Å². The molecule has 3 N–H and O–H groups in total. The van der Waals surface area contributed by atoms with E-state index in [1.165, 1.54) is 25.7 Å². The third kappa shape index (κ3) is 4.62. The number of hydrazine groups is 1. The Balaban J connectivity index is 1.80. The minimum atomic E-state index is -0.176. The quantitative estimate of drug-likeness (QED) is 0.493. The molecule has 2 unspecified atom stereocenters. The zero-order valence-corrected chi connectivity index (χ0v) is 12.1. The van der Waals surface area contributed by atoms with Crippen molar-refractivity contribution in [2.24, 2.45) is 11.8 Å². The van der Waals surface area contributed by atoms with Gasteiger partial charge in [-0.1, -0.05) is 44.0 Å². The van der Waals surface area contributed by atoms with Crippen LogP contribution in [0.1, 0.15) is 43.7 Å². The van der Waals surface area contributed by atoms with E-state index in [2.05, 4.69) is 12.3 Å². The number of benzene rings is 1. The average Bonchev–Trinajstić information content (AvgIpc) is 2.46. The van der Waals surface area contributed by atoms with Gasteiger partial charge in [0.2, 0.25) is 5.91 Å². The highest BCUT2D eigenvalue weighted by atomic mass is 16.5. The maximum absolute atomic E-state index is 11.2. The highest BCUT2D eigenvalue weighted by Crippen LogP contribution is 2.26. The van der Waals surface area contributed by atoms with Crippen molar-refractivity contribution in [3.8, 4) is 0 Å². The lowest BCUT2D eigenvalue weighted by Crippen LogP contribution is -2.31. The number of carbonyl (C=O) groups is 1. The number of amides is 1. The molecule has 1 aliphatic rings. The van der Waals surface area contributed by atoms with Crippen molar-refractivity contribution < 1.29 is 9.53 Å². The first-order valence-corrected chi connectivity index (χ1v) is 7.36. The molecule has 2 rings (SSSR count). The molecule has 2 atom stereocenters. The fraction of sp³-hybridized carbons (Fsp3) is 0.562. The van der Waals surface area contributed by atoms with E-state index in [-0.39, 0.29) is 5.91 Å². The second-order valence-electron chi connectivity index (χ2n) is 5.77. The minimum absolute atomic E-state index is 0.176. The molecule has 0 spiro atoms. The molecular weight excluding hydrogens is 252 g/mol. The van der Waals surface area contributed by atoms with E-state index in [9.17, 15) is 4.79 Å². The lowest BCUT2D eigenvalue weighted by atomic mass is 9.89. The van der Waals surface area contributed by atoms with Gasteiger partial charge in [0.1, 0.15) is 0 Å².